The number of hydrogen-bond acceptors (Lipinski definition) is 3. The molecule has 2 aromatic rings. The smallest absolute Gasteiger partial charge is 0.241 e. The van der Waals surface area contributed by atoms with Crippen LogP contribution in [0.25, 0.3) is 0 Å². The van der Waals surface area contributed by atoms with Gasteiger partial charge in [-0.05, 0) is 30.0 Å². The SMILES string of the molecule is CC(C)C[C@@H](NC(=O)CN(c1ccccc1Cl)S(C)(=O)=O)c1ccccc1. The molecule has 0 aliphatic heterocycles. The molecule has 1 N–H and O–H groups in total. The Hall–Kier alpha value is -2.05. The summed E-state index contributed by atoms with van der Waals surface area (Å²) in [6.07, 6.45) is 1.81. The summed E-state index contributed by atoms with van der Waals surface area (Å²) < 4.78 is 25.5. The first-order valence-electron chi connectivity index (χ1n) is 8.75. The third-order valence-corrected chi connectivity index (χ3v) is 5.50. The molecule has 0 heterocycles. The Bertz CT molecular complexity index is 870. The molecule has 0 aliphatic carbocycles. The van der Waals surface area contributed by atoms with Crippen molar-refractivity contribution in [2.24, 2.45) is 5.92 Å². The van der Waals surface area contributed by atoms with Crippen molar-refractivity contribution in [2.75, 3.05) is 17.1 Å². The van der Waals surface area contributed by atoms with Gasteiger partial charge in [0.2, 0.25) is 15.9 Å². The molecule has 0 aliphatic rings. The lowest BCUT2D eigenvalue weighted by molar-refractivity contribution is -0.120. The number of halogens is 1. The van der Waals surface area contributed by atoms with E-state index in [0.29, 0.717) is 5.92 Å². The summed E-state index contributed by atoms with van der Waals surface area (Å²) in [4.78, 5) is 12.7. The number of nitrogens with zero attached hydrogens (tertiary/aromatic N) is 1. The van der Waals surface area contributed by atoms with Crippen LogP contribution < -0.4 is 9.62 Å². The van der Waals surface area contributed by atoms with E-state index in [1.165, 1.54) is 0 Å². The van der Waals surface area contributed by atoms with Crippen LogP contribution in [0.1, 0.15) is 31.9 Å². The first-order valence-corrected chi connectivity index (χ1v) is 11.0. The fourth-order valence-electron chi connectivity index (χ4n) is 2.84. The second-order valence-electron chi connectivity index (χ2n) is 6.88. The topological polar surface area (TPSA) is 66.5 Å². The Morgan fingerprint density at radius 3 is 2.22 bits per heavy atom. The number of carbonyl (C=O) groups excluding carboxylic acids is 1. The first-order chi connectivity index (χ1) is 12.7. The van der Waals surface area contributed by atoms with E-state index in [9.17, 15) is 13.2 Å². The summed E-state index contributed by atoms with van der Waals surface area (Å²) in [5.41, 5.74) is 1.28. The fourth-order valence-corrected chi connectivity index (χ4v) is 4.00. The Kier molecular flexibility index (Phi) is 7.27. The van der Waals surface area contributed by atoms with Crippen molar-refractivity contribution in [2.45, 2.75) is 26.3 Å². The van der Waals surface area contributed by atoms with Crippen molar-refractivity contribution < 1.29 is 13.2 Å². The van der Waals surface area contributed by atoms with Crippen LogP contribution in [-0.2, 0) is 14.8 Å². The van der Waals surface area contributed by atoms with Gasteiger partial charge in [-0.2, -0.15) is 0 Å². The minimum absolute atomic E-state index is 0.189. The molecule has 146 valence electrons. The van der Waals surface area contributed by atoms with Crippen molar-refractivity contribution in [1.29, 1.82) is 0 Å². The molecule has 7 heteroatoms. The van der Waals surface area contributed by atoms with E-state index in [4.69, 9.17) is 11.6 Å². The molecule has 0 aromatic heterocycles. The largest absolute Gasteiger partial charge is 0.348 e. The normalized spacial score (nSPS) is 12.6. The number of rotatable bonds is 8. The number of carbonyl (C=O) groups is 1. The number of sulfonamides is 1. The summed E-state index contributed by atoms with van der Waals surface area (Å²) >= 11 is 6.14. The van der Waals surface area contributed by atoms with Gasteiger partial charge in [-0.15, -0.1) is 0 Å². The average Bonchev–Trinajstić information content (AvgIpc) is 2.59. The molecule has 0 saturated heterocycles. The molecule has 2 rings (SSSR count). The second kappa shape index (κ2) is 9.24. The average molecular weight is 409 g/mol. The van der Waals surface area contributed by atoms with Gasteiger partial charge in [0.25, 0.3) is 0 Å². The summed E-state index contributed by atoms with van der Waals surface area (Å²) in [5, 5.41) is 3.24. The molecule has 1 amide bonds. The quantitative estimate of drug-likeness (QED) is 0.717. The van der Waals surface area contributed by atoms with E-state index in [1.807, 2.05) is 30.3 Å². The number of para-hydroxylation sites is 1. The van der Waals surface area contributed by atoms with Gasteiger partial charge in [0.15, 0.2) is 0 Å². The van der Waals surface area contributed by atoms with E-state index in [1.54, 1.807) is 24.3 Å². The van der Waals surface area contributed by atoms with E-state index < -0.39 is 10.0 Å². The minimum Gasteiger partial charge on any atom is -0.348 e. The van der Waals surface area contributed by atoms with Gasteiger partial charge < -0.3 is 5.32 Å². The van der Waals surface area contributed by atoms with Crippen LogP contribution in [0.5, 0.6) is 0 Å². The third kappa shape index (κ3) is 6.26. The zero-order valence-corrected chi connectivity index (χ0v) is 17.3. The van der Waals surface area contributed by atoms with Gasteiger partial charge >= 0.3 is 0 Å². The van der Waals surface area contributed by atoms with Gasteiger partial charge in [0.05, 0.1) is 23.0 Å². The van der Waals surface area contributed by atoms with Crippen LogP contribution >= 0.6 is 11.6 Å². The predicted octanol–water partition coefficient (Wildman–Crippen LogP) is 4.01. The van der Waals surface area contributed by atoms with E-state index in [0.717, 1.165) is 22.5 Å². The van der Waals surface area contributed by atoms with Crippen molar-refractivity contribution in [1.82, 2.24) is 5.32 Å². The van der Waals surface area contributed by atoms with E-state index >= 15 is 0 Å². The third-order valence-electron chi connectivity index (χ3n) is 4.05. The van der Waals surface area contributed by atoms with Gasteiger partial charge in [-0.25, -0.2) is 8.42 Å². The summed E-state index contributed by atoms with van der Waals surface area (Å²) in [7, 11) is -3.67. The monoisotopic (exact) mass is 408 g/mol. The highest BCUT2D eigenvalue weighted by Gasteiger charge is 2.24. The predicted molar refractivity (Wildman–Crippen MR) is 110 cm³/mol. The molecular formula is C20H25ClN2O3S. The maximum absolute atomic E-state index is 12.7. The zero-order valence-electron chi connectivity index (χ0n) is 15.7. The molecule has 1 atom stereocenters. The molecule has 0 bridgehead atoms. The molecular weight excluding hydrogens is 384 g/mol. The molecule has 5 nitrogen and oxygen atoms in total. The number of nitrogens with one attached hydrogen (secondary N) is 1. The highest BCUT2D eigenvalue weighted by Crippen LogP contribution is 2.27. The highest BCUT2D eigenvalue weighted by atomic mass is 35.5. The number of anilines is 1. The molecule has 0 saturated carbocycles. The van der Waals surface area contributed by atoms with Crippen LogP contribution in [0.2, 0.25) is 5.02 Å². The Morgan fingerprint density at radius 1 is 1.07 bits per heavy atom. The van der Waals surface area contributed by atoms with Crippen LogP contribution in [-0.4, -0.2) is 27.1 Å². The Balaban J connectivity index is 2.22. The molecule has 0 spiro atoms. The van der Waals surface area contributed by atoms with Gasteiger partial charge in [-0.1, -0.05) is 67.9 Å². The molecule has 27 heavy (non-hydrogen) atoms. The summed E-state index contributed by atoms with van der Waals surface area (Å²) in [6.45, 7) is 3.83. The van der Waals surface area contributed by atoms with Crippen LogP contribution in [0, 0.1) is 5.92 Å². The van der Waals surface area contributed by atoms with Crippen molar-refractivity contribution in [3.63, 3.8) is 0 Å². The highest BCUT2D eigenvalue weighted by molar-refractivity contribution is 7.92. The summed E-state index contributed by atoms with van der Waals surface area (Å²) in [6, 6.07) is 16.0. The maximum Gasteiger partial charge on any atom is 0.241 e. The molecule has 2 aromatic carbocycles. The van der Waals surface area contributed by atoms with Crippen molar-refractivity contribution in [3.05, 3.63) is 65.2 Å². The van der Waals surface area contributed by atoms with Crippen molar-refractivity contribution >= 4 is 33.2 Å². The number of hydrogen-bond donors (Lipinski definition) is 1. The molecule has 0 radical (unpaired) electrons. The van der Waals surface area contributed by atoms with Crippen LogP contribution in [0.3, 0.4) is 0 Å². The lowest BCUT2D eigenvalue weighted by Crippen LogP contribution is -2.42. The van der Waals surface area contributed by atoms with Crippen LogP contribution in [0.4, 0.5) is 5.69 Å². The maximum atomic E-state index is 12.7. The fraction of sp³-hybridized carbons (Fsp3) is 0.350. The molecule has 0 unspecified atom stereocenters. The van der Waals surface area contributed by atoms with Gasteiger partial charge in [0.1, 0.15) is 6.54 Å². The Labute approximate surface area is 166 Å². The second-order valence-corrected chi connectivity index (χ2v) is 9.20. The molecule has 0 fully saturated rings. The van der Waals surface area contributed by atoms with Crippen LogP contribution in [0.15, 0.2) is 54.6 Å². The van der Waals surface area contributed by atoms with E-state index in [-0.39, 0.29) is 29.2 Å². The van der Waals surface area contributed by atoms with Crippen molar-refractivity contribution in [3.8, 4) is 0 Å². The summed E-state index contributed by atoms with van der Waals surface area (Å²) in [5.74, 6) is -0.0140. The minimum atomic E-state index is -3.67. The first kappa shape index (κ1) is 21.3. The number of benzene rings is 2. The Morgan fingerprint density at radius 2 is 1.67 bits per heavy atom. The lowest BCUT2D eigenvalue weighted by Gasteiger charge is -2.26. The zero-order chi connectivity index (χ0) is 20.0. The lowest BCUT2D eigenvalue weighted by atomic mass is 9.97. The number of amides is 1. The van der Waals surface area contributed by atoms with E-state index in [2.05, 4.69) is 19.2 Å². The van der Waals surface area contributed by atoms with Gasteiger partial charge in [-0.3, -0.25) is 9.10 Å². The van der Waals surface area contributed by atoms with Gasteiger partial charge in [0, 0.05) is 0 Å². The standard InChI is InChI=1S/C20H25ClN2O3S/c1-15(2)13-18(16-9-5-4-6-10-16)22-20(24)14-23(27(3,25)26)19-12-8-7-11-17(19)21/h4-12,15,18H,13-14H2,1-3H3,(H,22,24)/t18-/m1/s1.